The van der Waals surface area contributed by atoms with Crippen molar-refractivity contribution in [3.05, 3.63) is 77.9 Å². The molecule has 2 amide bonds. The van der Waals surface area contributed by atoms with Gasteiger partial charge in [-0.15, -0.1) is 0 Å². The van der Waals surface area contributed by atoms with E-state index in [0.717, 1.165) is 27.9 Å². The van der Waals surface area contributed by atoms with Crippen LogP contribution in [0.5, 0.6) is 5.75 Å². The molecule has 2 aromatic carbocycles. The maximum absolute atomic E-state index is 13.7. The minimum atomic E-state index is -1.33. The normalized spacial score (nSPS) is 19.7. The number of aromatic amines is 1. The van der Waals surface area contributed by atoms with Crippen molar-refractivity contribution in [1.82, 2.24) is 20.5 Å². The van der Waals surface area contributed by atoms with Gasteiger partial charge in [0.05, 0.1) is 5.52 Å². The number of nitrogens with zero attached hydrogens (tertiary/aromatic N) is 2. The van der Waals surface area contributed by atoms with E-state index >= 15 is 0 Å². The first-order chi connectivity index (χ1) is 17.3. The molecular formula is C27H26FN5O3. The van der Waals surface area contributed by atoms with E-state index in [0.29, 0.717) is 24.8 Å². The predicted octanol–water partition coefficient (Wildman–Crippen LogP) is 4.05. The lowest BCUT2D eigenvalue weighted by molar-refractivity contribution is -0.137. The van der Waals surface area contributed by atoms with Crippen LogP contribution in [-0.4, -0.2) is 38.6 Å². The maximum Gasteiger partial charge on any atom is 0.261 e. The van der Waals surface area contributed by atoms with Crippen LogP contribution in [0.15, 0.2) is 60.8 Å². The average molecular weight is 488 g/mol. The van der Waals surface area contributed by atoms with Crippen molar-refractivity contribution in [1.29, 1.82) is 0 Å². The minimum absolute atomic E-state index is 0.195. The molecule has 2 atom stereocenters. The zero-order chi connectivity index (χ0) is 25.3. The number of H-pyrrole nitrogens is 1. The highest BCUT2D eigenvalue weighted by atomic mass is 19.1. The Bertz CT molecular complexity index is 1450. The third-order valence-electron chi connectivity index (χ3n) is 6.60. The lowest BCUT2D eigenvalue weighted by Gasteiger charge is -2.38. The van der Waals surface area contributed by atoms with Crippen LogP contribution in [0.4, 0.5) is 4.39 Å². The number of amides is 2. The number of nitrogens with two attached hydrogens (primary N) is 1. The van der Waals surface area contributed by atoms with Gasteiger partial charge in [-0.05, 0) is 68.7 Å². The van der Waals surface area contributed by atoms with Gasteiger partial charge in [-0.3, -0.25) is 19.7 Å². The predicted molar refractivity (Wildman–Crippen MR) is 133 cm³/mol. The number of aromatic nitrogens is 3. The van der Waals surface area contributed by atoms with Gasteiger partial charge >= 0.3 is 0 Å². The number of ether oxygens (including phenoxy) is 1. The van der Waals surface area contributed by atoms with E-state index in [1.165, 1.54) is 18.2 Å². The SMILES string of the molecule is Cc1cc(-c2n[nH]c3ccc(C(=O)NC4CCCC(Oc5cccc(F)c5)(C(N)=O)C4)cc23)ccn1. The summed E-state index contributed by atoms with van der Waals surface area (Å²) in [5.74, 6) is -1.15. The molecule has 1 saturated carbocycles. The smallest absolute Gasteiger partial charge is 0.261 e. The van der Waals surface area contributed by atoms with Crippen molar-refractivity contribution in [3.8, 4) is 17.0 Å². The van der Waals surface area contributed by atoms with Gasteiger partial charge in [0.25, 0.3) is 11.8 Å². The first-order valence-electron chi connectivity index (χ1n) is 11.8. The summed E-state index contributed by atoms with van der Waals surface area (Å²) in [6.45, 7) is 1.91. The third kappa shape index (κ3) is 4.64. The van der Waals surface area contributed by atoms with E-state index in [2.05, 4.69) is 20.5 Å². The quantitative estimate of drug-likeness (QED) is 0.379. The molecule has 2 heterocycles. The Balaban J connectivity index is 1.36. The summed E-state index contributed by atoms with van der Waals surface area (Å²) < 4.78 is 19.6. The van der Waals surface area contributed by atoms with Gasteiger partial charge in [-0.1, -0.05) is 6.07 Å². The molecule has 9 heteroatoms. The largest absolute Gasteiger partial charge is 0.477 e. The molecule has 2 unspecified atom stereocenters. The molecule has 1 aliphatic rings. The zero-order valence-electron chi connectivity index (χ0n) is 19.8. The van der Waals surface area contributed by atoms with Crippen LogP contribution in [-0.2, 0) is 4.79 Å². The summed E-state index contributed by atoms with van der Waals surface area (Å²) in [5, 5.41) is 11.3. The number of primary amides is 1. The number of hydrogen-bond donors (Lipinski definition) is 3. The Hall–Kier alpha value is -4.27. The summed E-state index contributed by atoms with van der Waals surface area (Å²) in [4.78, 5) is 29.9. The Kier molecular flexibility index (Phi) is 6.13. The number of halogens is 1. The number of benzene rings is 2. The van der Waals surface area contributed by atoms with E-state index < -0.39 is 17.3 Å². The number of aryl methyl sites for hydroxylation is 1. The highest BCUT2D eigenvalue weighted by Gasteiger charge is 2.44. The van der Waals surface area contributed by atoms with Crippen LogP contribution in [0, 0.1) is 12.7 Å². The second-order valence-electron chi connectivity index (χ2n) is 9.20. The Morgan fingerprint density at radius 3 is 2.83 bits per heavy atom. The first kappa shape index (κ1) is 23.5. The van der Waals surface area contributed by atoms with Crippen LogP contribution in [0.2, 0.25) is 0 Å². The molecule has 1 aliphatic carbocycles. The van der Waals surface area contributed by atoms with Crippen molar-refractivity contribution >= 4 is 22.7 Å². The van der Waals surface area contributed by atoms with Crippen molar-refractivity contribution < 1.29 is 18.7 Å². The number of pyridine rings is 1. The van der Waals surface area contributed by atoms with Crippen LogP contribution in [0.1, 0.15) is 41.7 Å². The highest BCUT2D eigenvalue weighted by molar-refractivity contribution is 6.01. The number of rotatable bonds is 6. The molecule has 4 N–H and O–H groups in total. The van der Waals surface area contributed by atoms with Gasteiger partial charge in [0.15, 0.2) is 5.60 Å². The molecule has 0 saturated heterocycles. The Morgan fingerprint density at radius 1 is 1.19 bits per heavy atom. The molecule has 0 aliphatic heterocycles. The molecule has 2 aromatic heterocycles. The van der Waals surface area contributed by atoms with Crippen LogP contribution < -0.4 is 15.8 Å². The summed E-state index contributed by atoms with van der Waals surface area (Å²) in [6.07, 6.45) is 3.60. The zero-order valence-corrected chi connectivity index (χ0v) is 19.8. The molecule has 5 rings (SSSR count). The molecule has 36 heavy (non-hydrogen) atoms. The molecule has 0 spiro atoms. The Labute approximate surface area is 207 Å². The van der Waals surface area contributed by atoms with Gasteiger partial charge in [0.1, 0.15) is 17.3 Å². The molecule has 0 radical (unpaired) electrons. The monoisotopic (exact) mass is 487 g/mol. The van der Waals surface area contributed by atoms with Gasteiger partial charge in [-0.2, -0.15) is 5.10 Å². The number of hydrogen-bond acceptors (Lipinski definition) is 5. The number of nitrogens with one attached hydrogen (secondary N) is 2. The van der Waals surface area contributed by atoms with Crippen molar-refractivity contribution in [2.75, 3.05) is 0 Å². The number of carbonyl (C=O) groups is 2. The van der Waals surface area contributed by atoms with Crippen LogP contribution in [0.3, 0.4) is 0 Å². The molecule has 0 bridgehead atoms. The number of carbonyl (C=O) groups excluding carboxylic acids is 2. The van der Waals surface area contributed by atoms with Crippen molar-refractivity contribution in [3.63, 3.8) is 0 Å². The van der Waals surface area contributed by atoms with Crippen LogP contribution >= 0.6 is 0 Å². The summed E-state index contributed by atoms with van der Waals surface area (Å²) >= 11 is 0. The molecule has 184 valence electrons. The van der Waals surface area contributed by atoms with Gasteiger partial charge < -0.3 is 15.8 Å². The summed E-state index contributed by atoms with van der Waals surface area (Å²) in [7, 11) is 0. The van der Waals surface area contributed by atoms with Crippen LogP contribution in [0.25, 0.3) is 22.2 Å². The maximum atomic E-state index is 13.7. The minimum Gasteiger partial charge on any atom is -0.477 e. The third-order valence-corrected chi connectivity index (χ3v) is 6.60. The van der Waals surface area contributed by atoms with Gasteiger partial charge in [0.2, 0.25) is 0 Å². The van der Waals surface area contributed by atoms with E-state index in [1.54, 1.807) is 24.4 Å². The Morgan fingerprint density at radius 2 is 2.06 bits per heavy atom. The topological polar surface area (TPSA) is 123 Å². The highest BCUT2D eigenvalue weighted by Crippen LogP contribution is 2.34. The fourth-order valence-corrected chi connectivity index (χ4v) is 4.82. The average Bonchev–Trinajstić information content (AvgIpc) is 3.27. The number of fused-ring (bicyclic) bond motifs is 1. The second kappa shape index (κ2) is 9.41. The van der Waals surface area contributed by atoms with E-state index in [1.807, 2.05) is 25.1 Å². The van der Waals surface area contributed by atoms with Gasteiger partial charge in [0, 0.05) is 46.9 Å². The lowest BCUT2D eigenvalue weighted by Crippen LogP contribution is -2.56. The molecule has 8 nitrogen and oxygen atoms in total. The fraction of sp³-hybridized carbons (Fsp3) is 0.259. The van der Waals surface area contributed by atoms with Crippen molar-refractivity contribution in [2.45, 2.75) is 44.2 Å². The molecule has 4 aromatic rings. The van der Waals surface area contributed by atoms with Gasteiger partial charge in [-0.25, -0.2) is 4.39 Å². The lowest BCUT2D eigenvalue weighted by atomic mass is 9.80. The molecular weight excluding hydrogens is 461 g/mol. The van der Waals surface area contributed by atoms with E-state index in [4.69, 9.17) is 10.5 Å². The molecule has 1 fully saturated rings. The first-order valence-corrected chi connectivity index (χ1v) is 11.8. The van der Waals surface area contributed by atoms with E-state index in [-0.39, 0.29) is 24.1 Å². The van der Waals surface area contributed by atoms with Crippen molar-refractivity contribution in [2.24, 2.45) is 5.73 Å². The summed E-state index contributed by atoms with van der Waals surface area (Å²) in [6, 6.07) is 14.4. The fourth-order valence-electron chi connectivity index (χ4n) is 4.82. The second-order valence-corrected chi connectivity index (χ2v) is 9.20. The standard InChI is InChI=1S/C27H26FN5O3/c1-16-12-17(9-11-30-16)24-22-13-18(7-8-23(22)32-33-24)25(34)31-20-5-3-10-27(15-20,26(29)35)36-21-6-2-4-19(28)14-21/h2,4,6-9,11-14,20H,3,5,10,15H2,1H3,(H2,29,35)(H,31,34)(H,32,33). The summed E-state index contributed by atoms with van der Waals surface area (Å²) in [5.41, 5.74) is 8.20. The van der Waals surface area contributed by atoms with E-state index in [9.17, 15) is 14.0 Å².